The second-order valence-corrected chi connectivity index (χ2v) is 6.26. The summed E-state index contributed by atoms with van der Waals surface area (Å²) in [6, 6.07) is 0. The van der Waals surface area contributed by atoms with Gasteiger partial charge in [0, 0.05) is 32.4 Å². The number of nitrogens with two attached hydrogens (primary N) is 1. The summed E-state index contributed by atoms with van der Waals surface area (Å²) >= 11 is 5.17. The molecule has 0 aliphatic carbocycles. The SMILES string of the molecule is Cc1cnc(C)c(N2CCN(C(C)(C)C(N)=S)CC2)n1. The molecular formula is C14H23N5S. The maximum absolute atomic E-state index is 5.84. The highest BCUT2D eigenvalue weighted by Gasteiger charge is 2.32. The standard InChI is InChI=1S/C14H23N5S/c1-10-9-16-11(2)12(17-10)18-5-7-19(8-6-18)14(3,4)13(15)20/h9H,5-8H2,1-4H3,(H2,15,20). The van der Waals surface area contributed by atoms with E-state index in [0.717, 1.165) is 43.4 Å². The van der Waals surface area contributed by atoms with Crippen LogP contribution in [0.4, 0.5) is 5.82 Å². The van der Waals surface area contributed by atoms with E-state index in [9.17, 15) is 0 Å². The van der Waals surface area contributed by atoms with Gasteiger partial charge in [-0.25, -0.2) is 4.98 Å². The summed E-state index contributed by atoms with van der Waals surface area (Å²) in [5.41, 5.74) is 7.56. The van der Waals surface area contributed by atoms with E-state index in [1.165, 1.54) is 0 Å². The summed E-state index contributed by atoms with van der Waals surface area (Å²) in [5.74, 6) is 0.998. The van der Waals surface area contributed by atoms with Crippen LogP contribution < -0.4 is 10.6 Å². The third-order valence-corrected chi connectivity index (χ3v) is 4.52. The summed E-state index contributed by atoms with van der Waals surface area (Å²) in [4.78, 5) is 14.2. The molecule has 1 fully saturated rings. The van der Waals surface area contributed by atoms with Gasteiger partial charge < -0.3 is 10.6 Å². The molecule has 2 heterocycles. The van der Waals surface area contributed by atoms with E-state index in [1.54, 1.807) is 0 Å². The number of piperazine rings is 1. The zero-order chi connectivity index (χ0) is 14.9. The third kappa shape index (κ3) is 2.91. The van der Waals surface area contributed by atoms with Crippen molar-refractivity contribution in [3.8, 4) is 0 Å². The first-order valence-corrected chi connectivity index (χ1v) is 7.33. The zero-order valence-corrected chi connectivity index (χ0v) is 13.5. The van der Waals surface area contributed by atoms with Crippen molar-refractivity contribution in [2.75, 3.05) is 31.1 Å². The molecule has 0 spiro atoms. The van der Waals surface area contributed by atoms with Crippen molar-refractivity contribution >= 4 is 23.0 Å². The summed E-state index contributed by atoms with van der Waals surface area (Å²) in [5, 5.41) is 0. The topological polar surface area (TPSA) is 58.3 Å². The van der Waals surface area contributed by atoms with Crippen molar-refractivity contribution in [1.29, 1.82) is 0 Å². The lowest BCUT2D eigenvalue weighted by Crippen LogP contribution is -2.59. The van der Waals surface area contributed by atoms with Gasteiger partial charge in [-0.1, -0.05) is 12.2 Å². The van der Waals surface area contributed by atoms with Crippen LogP contribution >= 0.6 is 12.2 Å². The first kappa shape index (κ1) is 15.1. The molecule has 0 saturated carbocycles. The highest BCUT2D eigenvalue weighted by molar-refractivity contribution is 7.80. The highest BCUT2D eigenvalue weighted by Crippen LogP contribution is 2.21. The molecule has 2 N–H and O–H groups in total. The van der Waals surface area contributed by atoms with Gasteiger partial charge in [0.05, 0.1) is 21.9 Å². The van der Waals surface area contributed by atoms with Gasteiger partial charge in [-0.2, -0.15) is 0 Å². The average Bonchev–Trinajstić information content (AvgIpc) is 2.41. The molecule has 110 valence electrons. The molecule has 0 unspecified atom stereocenters. The van der Waals surface area contributed by atoms with Crippen LogP contribution in [0.25, 0.3) is 0 Å². The fourth-order valence-corrected chi connectivity index (χ4v) is 2.59. The molecule has 0 amide bonds. The molecule has 5 nitrogen and oxygen atoms in total. The lowest BCUT2D eigenvalue weighted by atomic mass is 10.0. The van der Waals surface area contributed by atoms with Crippen LogP contribution in [0.5, 0.6) is 0 Å². The molecule has 6 heteroatoms. The first-order chi connectivity index (χ1) is 9.32. The van der Waals surface area contributed by atoms with Crippen LogP contribution in [0.15, 0.2) is 6.20 Å². The number of hydrogen-bond acceptors (Lipinski definition) is 5. The van der Waals surface area contributed by atoms with Crippen LogP contribution in [0.2, 0.25) is 0 Å². The Balaban J connectivity index is 2.08. The van der Waals surface area contributed by atoms with Gasteiger partial charge >= 0.3 is 0 Å². The van der Waals surface area contributed by atoms with E-state index < -0.39 is 0 Å². The Morgan fingerprint density at radius 1 is 1.25 bits per heavy atom. The van der Waals surface area contributed by atoms with Crippen molar-refractivity contribution in [2.24, 2.45) is 5.73 Å². The van der Waals surface area contributed by atoms with E-state index in [4.69, 9.17) is 18.0 Å². The molecule has 2 rings (SSSR count). The van der Waals surface area contributed by atoms with E-state index in [2.05, 4.69) is 33.6 Å². The number of rotatable bonds is 3. The van der Waals surface area contributed by atoms with E-state index in [0.29, 0.717) is 4.99 Å². The Hall–Kier alpha value is -1.27. The average molecular weight is 293 g/mol. The molecule has 0 atom stereocenters. The Kier molecular flexibility index (Phi) is 4.25. The zero-order valence-electron chi connectivity index (χ0n) is 12.7. The van der Waals surface area contributed by atoms with Gasteiger partial charge in [0.1, 0.15) is 5.82 Å². The minimum atomic E-state index is -0.227. The Bertz CT molecular complexity index is 506. The normalized spacial score (nSPS) is 17.3. The van der Waals surface area contributed by atoms with E-state index >= 15 is 0 Å². The predicted octanol–water partition coefficient (Wildman–Crippen LogP) is 1.28. The van der Waals surface area contributed by atoms with Crippen molar-refractivity contribution in [3.05, 3.63) is 17.6 Å². The molecule has 0 aromatic carbocycles. The van der Waals surface area contributed by atoms with Gasteiger partial charge in [-0.3, -0.25) is 9.88 Å². The lowest BCUT2D eigenvalue weighted by Gasteiger charge is -2.43. The van der Waals surface area contributed by atoms with Crippen molar-refractivity contribution in [3.63, 3.8) is 0 Å². The van der Waals surface area contributed by atoms with Crippen LogP contribution in [0.1, 0.15) is 25.2 Å². The minimum absolute atomic E-state index is 0.227. The number of anilines is 1. The summed E-state index contributed by atoms with van der Waals surface area (Å²) in [6.45, 7) is 11.9. The molecule has 1 aliphatic rings. The minimum Gasteiger partial charge on any atom is -0.392 e. The molecule has 1 aliphatic heterocycles. The van der Waals surface area contributed by atoms with Crippen molar-refractivity contribution in [1.82, 2.24) is 14.9 Å². The van der Waals surface area contributed by atoms with Gasteiger partial charge in [0.25, 0.3) is 0 Å². The number of thiocarbonyl (C=S) groups is 1. The number of nitrogens with zero attached hydrogens (tertiary/aromatic N) is 4. The third-order valence-electron chi connectivity index (χ3n) is 4.02. The monoisotopic (exact) mass is 293 g/mol. The maximum Gasteiger partial charge on any atom is 0.150 e. The summed E-state index contributed by atoms with van der Waals surface area (Å²) in [7, 11) is 0. The Labute approximate surface area is 126 Å². The quantitative estimate of drug-likeness (QED) is 0.847. The van der Waals surface area contributed by atoms with E-state index in [1.807, 2.05) is 20.0 Å². The fourth-order valence-electron chi connectivity index (χ4n) is 2.46. The fraction of sp³-hybridized carbons (Fsp3) is 0.643. The number of hydrogen-bond donors (Lipinski definition) is 1. The predicted molar refractivity (Wildman–Crippen MR) is 86.2 cm³/mol. The van der Waals surface area contributed by atoms with Crippen LogP contribution in [0, 0.1) is 13.8 Å². The molecule has 0 radical (unpaired) electrons. The Morgan fingerprint density at radius 2 is 1.85 bits per heavy atom. The maximum atomic E-state index is 5.84. The second kappa shape index (κ2) is 5.61. The number of aromatic nitrogens is 2. The molecule has 1 aromatic rings. The van der Waals surface area contributed by atoms with Gasteiger partial charge in [0.2, 0.25) is 0 Å². The molecular weight excluding hydrogens is 270 g/mol. The van der Waals surface area contributed by atoms with Crippen molar-refractivity contribution < 1.29 is 0 Å². The number of aryl methyl sites for hydroxylation is 2. The smallest absolute Gasteiger partial charge is 0.150 e. The van der Waals surface area contributed by atoms with Gasteiger partial charge in [0.15, 0.2) is 0 Å². The summed E-state index contributed by atoms with van der Waals surface area (Å²) < 4.78 is 0. The highest BCUT2D eigenvalue weighted by atomic mass is 32.1. The Morgan fingerprint density at radius 3 is 2.40 bits per heavy atom. The van der Waals surface area contributed by atoms with Crippen LogP contribution in [-0.4, -0.2) is 51.6 Å². The second-order valence-electron chi connectivity index (χ2n) is 5.82. The first-order valence-electron chi connectivity index (χ1n) is 6.92. The largest absolute Gasteiger partial charge is 0.392 e. The van der Waals surface area contributed by atoms with Crippen LogP contribution in [0.3, 0.4) is 0 Å². The van der Waals surface area contributed by atoms with Gasteiger partial charge in [-0.15, -0.1) is 0 Å². The van der Waals surface area contributed by atoms with Crippen molar-refractivity contribution in [2.45, 2.75) is 33.2 Å². The lowest BCUT2D eigenvalue weighted by molar-refractivity contribution is 0.168. The van der Waals surface area contributed by atoms with E-state index in [-0.39, 0.29) is 5.54 Å². The molecule has 1 aromatic heterocycles. The van der Waals surface area contributed by atoms with Crippen LogP contribution in [-0.2, 0) is 0 Å². The van der Waals surface area contributed by atoms with Gasteiger partial charge in [-0.05, 0) is 27.7 Å². The summed E-state index contributed by atoms with van der Waals surface area (Å²) in [6.07, 6.45) is 1.81. The molecule has 0 bridgehead atoms. The molecule has 1 saturated heterocycles. The molecule has 20 heavy (non-hydrogen) atoms.